The third kappa shape index (κ3) is 4.63. The van der Waals surface area contributed by atoms with Crippen molar-refractivity contribution in [2.45, 2.75) is 26.9 Å². The Morgan fingerprint density at radius 2 is 1.83 bits per heavy atom. The molecule has 0 N–H and O–H groups in total. The highest BCUT2D eigenvalue weighted by atomic mass is 19.1. The van der Waals surface area contributed by atoms with E-state index in [0.29, 0.717) is 30.8 Å². The molecule has 0 spiro atoms. The zero-order chi connectivity index (χ0) is 16.8. The molecule has 0 radical (unpaired) electrons. The van der Waals surface area contributed by atoms with E-state index in [2.05, 4.69) is 0 Å². The van der Waals surface area contributed by atoms with Crippen LogP contribution in [-0.4, -0.2) is 24.3 Å². The Hall–Kier alpha value is -2.20. The normalized spacial score (nSPS) is 10.8. The van der Waals surface area contributed by atoms with Crippen molar-refractivity contribution >= 4 is 5.78 Å². The third-order valence-electron chi connectivity index (χ3n) is 3.61. The molecule has 0 saturated heterocycles. The minimum absolute atomic E-state index is 0.0195. The summed E-state index contributed by atoms with van der Waals surface area (Å²) in [4.78, 5) is 13.6. The van der Waals surface area contributed by atoms with E-state index in [9.17, 15) is 9.18 Å². The molecule has 0 unspecified atom stereocenters. The van der Waals surface area contributed by atoms with Gasteiger partial charge in [0.25, 0.3) is 0 Å². The fraction of sp³-hybridized carbons (Fsp3) is 0.316. The van der Waals surface area contributed by atoms with Gasteiger partial charge in [-0.25, -0.2) is 4.39 Å². The predicted molar refractivity (Wildman–Crippen MR) is 89.2 cm³/mol. The number of nitrogens with zero attached hydrogens (tertiary/aromatic N) is 1. The number of carbonyl (C=O) groups excluding carboxylic acids is 1. The first-order chi connectivity index (χ1) is 11.0. The lowest BCUT2D eigenvalue weighted by Crippen LogP contribution is -2.19. The summed E-state index contributed by atoms with van der Waals surface area (Å²) >= 11 is 0. The molecule has 4 heteroatoms. The van der Waals surface area contributed by atoms with Crippen molar-refractivity contribution in [2.24, 2.45) is 0 Å². The smallest absolute Gasteiger partial charge is 0.159 e. The molecule has 0 aliphatic heterocycles. The van der Waals surface area contributed by atoms with Gasteiger partial charge in [0.15, 0.2) is 5.78 Å². The zero-order valence-corrected chi connectivity index (χ0v) is 13.8. The average molecular weight is 315 g/mol. The molecule has 0 aromatic heterocycles. The highest BCUT2D eigenvalue weighted by Gasteiger charge is 2.11. The Balaban J connectivity index is 2.18. The van der Waals surface area contributed by atoms with E-state index in [1.165, 1.54) is 6.07 Å². The van der Waals surface area contributed by atoms with Crippen LogP contribution in [0.1, 0.15) is 35.3 Å². The maximum Gasteiger partial charge on any atom is 0.159 e. The number of ether oxygens (including phenoxy) is 1. The quantitative estimate of drug-likeness (QED) is 0.722. The van der Waals surface area contributed by atoms with Crippen molar-refractivity contribution in [3.63, 3.8) is 0 Å². The van der Waals surface area contributed by atoms with Crippen LogP contribution in [0.25, 0.3) is 0 Å². The number of ketones is 1. The van der Waals surface area contributed by atoms with Crippen molar-refractivity contribution in [3.05, 3.63) is 65.0 Å². The minimum Gasteiger partial charge on any atom is -0.494 e. The second kappa shape index (κ2) is 7.88. The van der Waals surface area contributed by atoms with Gasteiger partial charge in [0.1, 0.15) is 11.6 Å². The lowest BCUT2D eigenvalue weighted by atomic mass is 10.1. The van der Waals surface area contributed by atoms with Gasteiger partial charge in [-0.2, -0.15) is 0 Å². The molecule has 122 valence electrons. The molecule has 0 aliphatic carbocycles. The van der Waals surface area contributed by atoms with Gasteiger partial charge < -0.3 is 4.74 Å². The van der Waals surface area contributed by atoms with Gasteiger partial charge >= 0.3 is 0 Å². The van der Waals surface area contributed by atoms with E-state index in [-0.39, 0.29) is 11.6 Å². The van der Waals surface area contributed by atoms with Crippen LogP contribution < -0.4 is 4.74 Å². The Morgan fingerprint density at radius 1 is 1.13 bits per heavy atom. The van der Waals surface area contributed by atoms with Gasteiger partial charge in [0, 0.05) is 29.8 Å². The lowest BCUT2D eigenvalue weighted by Gasteiger charge is -2.19. The van der Waals surface area contributed by atoms with E-state index < -0.39 is 0 Å². The van der Waals surface area contributed by atoms with Crippen LogP contribution in [0.15, 0.2) is 42.5 Å². The maximum absolute atomic E-state index is 13.8. The molecule has 0 fully saturated rings. The number of rotatable bonds is 7. The molecule has 0 bridgehead atoms. The number of carbonyl (C=O) groups is 1. The van der Waals surface area contributed by atoms with E-state index in [1.807, 2.05) is 37.1 Å². The molecular weight excluding hydrogens is 293 g/mol. The number of benzene rings is 2. The second-order valence-corrected chi connectivity index (χ2v) is 5.58. The molecule has 2 rings (SSSR count). The van der Waals surface area contributed by atoms with Crippen LogP contribution in [0.2, 0.25) is 0 Å². The Labute approximate surface area is 136 Å². The molecule has 0 saturated carbocycles. The van der Waals surface area contributed by atoms with Crippen molar-refractivity contribution in [2.75, 3.05) is 13.7 Å². The second-order valence-electron chi connectivity index (χ2n) is 5.58. The van der Waals surface area contributed by atoms with Gasteiger partial charge in [-0.3, -0.25) is 9.69 Å². The van der Waals surface area contributed by atoms with Crippen LogP contribution in [0.3, 0.4) is 0 Å². The van der Waals surface area contributed by atoms with E-state index in [1.54, 1.807) is 25.1 Å². The van der Waals surface area contributed by atoms with Gasteiger partial charge in [-0.05, 0) is 45.2 Å². The van der Waals surface area contributed by atoms with Crippen molar-refractivity contribution < 1.29 is 13.9 Å². The Bertz CT molecular complexity index is 685. The summed E-state index contributed by atoms with van der Waals surface area (Å²) < 4.78 is 19.4. The SMILES string of the molecule is CCOc1ccc(C(C)=O)cc1CN(C)Cc1ccccc1F. The number of Topliss-reactive ketones (excluding diaryl/α,β-unsaturated/α-hetero) is 1. The molecule has 2 aromatic rings. The fourth-order valence-electron chi connectivity index (χ4n) is 2.48. The van der Waals surface area contributed by atoms with Crippen molar-refractivity contribution in [1.82, 2.24) is 4.90 Å². The van der Waals surface area contributed by atoms with Crippen LogP contribution in [0.5, 0.6) is 5.75 Å². The minimum atomic E-state index is -0.207. The summed E-state index contributed by atoms with van der Waals surface area (Å²) in [6.45, 7) is 5.09. The Morgan fingerprint density at radius 3 is 2.48 bits per heavy atom. The summed E-state index contributed by atoms with van der Waals surface area (Å²) in [7, 11) is 1.92. The van der Waals surface area contributed by atoms with E-state index in [0.717, 1.165) is 11.3 Å². The van der Waals surface area contributed by atoms with Crippen LogP contribution >= 0.6 is 0 Å². The standard InChI is InChI=1S/C19H22FNO2/c1-4-23-19-10-9-15(14(2)22)11-17(19)13-21(3)12-16-7-5-6-8-18(16)20/h5-11H,4,12-13H2,1-3H3. The topological polar surface area (TPSA) is 29.5 Å². The average Bonchev–Trinajstić information content (AvgIpc) is 2.51. The monoisotopic (exact) mass is 315 g/mol. The molecule has 0 aliphatic rings. The first-order valence-electron chi connectivity index (χ1n) is 7.70. The summed E-state index contributed by atoms with van der Waals surface area (Å²) in [5, 5.41) is 0. The number of hydrogen-bond donors (Lipinski definition) is 0. The van der Waals surface area contributed by atoms with E-state index >= 15 is 0 Å². The number of halogens is 1. The molecule has 0 atom stereocenters. The van der Waals surface area contributed by atoms with Crippen molar-refractivity contribution in [3.8, 4) is 5.75 Å². The largest absolute Gasteiger partial charge is 0.494 e. The summed E-state index contributed by atoms with van der Waals surface area (Å²) in [5.74, 6) is 0.575. The molecule has 3 nitrogen and oxygen atoms in total. The highest BCUT2D eigenvalue weighted by molar-refractivity contribution is 5.94. The van der Waals surface area contributed by atoms with Gasteiger partial charge in [0.2, 0.25) is 0 Å². The zero-order valence-electron chi connectivity index (χ0n) is 13.8. The summed E-state index contributed by atoms with van der Waals surface area (Å²) in [6, 6.07) is 12.2. The predicted octanol–water partition coefficient (Wildman–Crippen LogP) is 4.06. The summed E-state index contributed by atoms with van der Waals surface area (Å²) in [5.41, 5.74) is 2.23. The first-order valence-corrected chi connectivity index (χ1v) is 7.70. The van der Waals surface area contributed by atoms with Crippen LogP contribution in [0.4, 0.5) is 4.39 Å². The Kier molecular flexibility index (Phi) is 5.88. The molecule has 0 heterocycles. The van der Waals surface area contributed by atoms with Gasteiger partial charge in [0.05, 0.1) is 6.61 Å². The van der Waals surface area contributed by atoms with Crippen LogP contribution in [-0.2, 0) is 13.1 Å². The molecule has 0 amide bonds. The highest BCUT2D eigenvalue weighted by Crippen LogP contribution is 2.23. The van der Waals surface area contributed by atoms with Gasteiger partial charge in [-0.1, -0.05) is 18.2 Å². The van der Waals surface area contributed by atoms with Crippen molar-refractivity contribution in [1.29, 1.82) is 0 Å². The lowest BCUT2D eigenvalue weighted by molar-refractivity contribution is 0.101. The maximum atomic E-state index is 13.8. The van der Waals surface area contributed by atoms with Crippen LogP contribution in [0, 0.1) is 5.82 Å². The molecule has 23 heavy (non-hydrogen) atoms. The number of hydrogen-bond acceptors (Lipinski definition) is 3. The molecular formula is C19H22FNO2. The van der Waals surface area contributed by atoms with E-state index in [4.69, 9.17) is 4.74 Å². The third-order valence-corrected chi connectivity index (χ3v) is 3.61. The molecule has 2 aromatic carbocycles. The van der Waals surface area contributed by atoms with Gasteiger partial charge in [-0.15, -0.1) is 0 Å². The summed E-state index contributed by atoms with van der Waals surface area (Å²) in [6.07, 6.45) is 0. The fourth-order valence-corrected chi connectivity index (χ4v) is 2.48. The first kappa shape index (κ1) is 17.2.